The van der Waals surface area contributed by atoms with E-state index in [1.165, 1.54) is 11.3 Å². The number of imidazole rings is 1. The zero-order valence-electron chi connectivity index (χ0n) is 23.7. The van der Waals surface area contributed by atoms with Crippen molar-refractivity contribution in [3.05, 3.63) is 83.4 Å². The summed E-state index contributed by atoms with van der Waals surface area (Å²) in [5.41, 5.74) is 7.24. The molecule has 1 unspecified atom stereocenters. The summed E-state index contributed by atoms with van der Waals surface area (Å²) in [6.45, 7) is 7.46. The molecule has 42 heavy (non-hydrogen) atoms. The highest BCUT2D eigenvalue weighted by Gasteiger charge is 2.32. The maximum atomic E-state index is 12.6. The second kappa shape index (κ2) is 10.6. The van der Waals surface area contributed by atoms with E-state index in [1.807, 2.05) is 75.7 Å². The van der Waals surface area contributed by atoms with Gasteiger partial charge in [-0.3, -0.25) is 4.98 Å². The quantitative estimate of drug-likeness (QED) is 0.208. The number of aliphatic carboxylic acids is 1. The van der Waals surface area contributed by atoms with E-state index in [1.54, 1.807) is 30.9 Å². The lowest BCUT2D eigenvalue weighted by Gasteiger charge is -2.28. The van der Waals surface area contributed by atoms with Crippen molar-refractivity contribution in [2.24, 2.45) is 7.05 Å². The van der Waals surface area contributed by atoms with Gasteiger partial charge in [0.25, 0.3) is 0 Å². The van der Waals surface area contributed by atoms with Gasteiger partial charge in [0.2, 0.25) is 0 Å². The summed E-state index contributed by atoms with van der Waals surface area (Å²) in [5, 5.41) is 11.7. The third-order valence-corrected chi connectivity index (χ3v) is 8.29. The Morgan fingerprint density at radius 2 is 1.79 bits per heavy atom. The summed E-state index contributed by atoms with van der Waals surface area (Å²) in [6, 6.07) is 15.3. The first-order chi connectivity index (χ1) is 20.0. The predicted molar refractivity (Wildman–Crippen MR) is 167 cm³/mol. The van der Waals surface area contributed by atoms with E-state index in [-0.39, 0.29) is 0 Å². The van der Waals surface area contributed by atoms with Crippen LogP contribution in [0.1, 0.15) is 38.0 Å². The van der Waals surface area contributed by atoms with Crippen molar-refractivity contribution >= 4 is 50.3 Å². The van der Waals surface area contributed by atoms with E-state index in [0.717, 1.165) is 54.3 Å². The van der Waals surface area contributed by atoms with E-state index in [4.69, 9.17) is 21.3 Å². The van der Waals surface area contributed by atoms with Gasteiger partial charge in [0.15, 0.2) is 11.8 Å². The van der Waals surface area contributed by atoms with Gasteiger partial charge >= 0.3 is 5.97 Å². The second-order valence-electron chi connectivity index (χ2n) is 11.2. The van der Waals surface area contributed by atoms with Crippen LogP contribution in [0.4, 0.5) is 0 Å². The van der Waals surface area contributed by atoms with E-state index in [0.29, 0.717) is 16.2 Å². The third kappa shape index (κ3) is 5.27. The first-order valence-corrected chi connectivity index (χ1v) is 14.5. The van der Waals surface area contributed by atoms with Crippen LogP contribution in [0.2, 0.25) is 5.02 Å². The molecule has 0 saturated heterocycles. The molecule has 0 aliphatic rings. The number of rotatable bonds is 6. The SMILES string of the molecule is Cc1cc2nc(-c3ccnc(-c4cnc5ncn(C)c5c4)c3)sc2c(-c2ccc(Cl)cc2)c1C(OC(C)(C)C)C(=O)O. The lowest BCUT2D eigenvalue weighted by molar-refractivity contribution is -0.160. The predicted octanol–water partition coefficient (Wildman–Crippen LogP) is 7.88. The molecule has 0 amide bonds. The lowest BCUT2D eigenvalue weighted by Crippen LogP contribution is -2.28. The molecule has 0 saturated carbocycles. The van der Waals surface area contributed by atoms with E-state index >= 15 is 0 Å². The number of thiazole rings is 1. The standard InChI is InChI=1S/C32H28ClN5O3S/c1-17-12-23-28(26(18-6-8-21(33)9-7-18)25(17)27(31(39)40)41-32(2,3)4)42-30(37-23)19-10-11-34-22(13-19)20-14-24-29(35-15-20)36-16-38(24)5/h6-16,27H,1-5H3,(H,39,40). The van der Waals surface area contributed by atoms with Crippen molar-refractivity contribution in [1.29, 1.82) is 0 Å². The molecule has 0 fully saturated rings. The normalized spacial score (nSPS) is 12.7. The van der Waals surface area contributed by atoms with Gasteiger partial charge in [0, 0.05) is 46.7 Å². The minimum absolute atomic E-state index is 0.595. The molecule has 6 rings (SSSR count). The zero-order chi connectivity index (χ0) is 29.8. The Balaban J connectivity index is 1.53. The van der Waals surface area contributed by atoms with E-state index in [2.05, 4.69) is 15.0 Å². The van der Waals surface area contributed by atoms with Crippen molar-refractivity contribution in [2.75, 3.05) is 0 Å². The maximum Gasteiger partial charge on any atom is 0.337 e. The summed E-state index contributed by atoms with van der Waals surface area (Å²) < 4.78 is 8.92. The number of benzene rings is 2. The Labute approximate surface area is 251 Å². The monoisotopic (exact) mass is 597 g/mol. The molecule has 0 aliphatic carbocycles. The summed E-state index contributed by atoms with van der Waals surface area (Å²) in [5.74, 6) is -1.05. The van der Waals surface area contributed by atoms with Crippen LogP contribution in [0.5, 0.6) is 0 Å². The number of aryl methyl sites for hydroxylation is 2. The number of carboxylic acid groups (broad SMARTS) is 1. The van der Waals surface area contributed by atoms with Gasteiger partial charge in [0.1, 0.15) is 5.01 Å². The zero-order valence-corrected chi connectivity index (χ0v) is 25.3. The molecule has 0 spiro atoms. The van der Waals surface area contributed by atoms with Gasteiger partial charge in [-0.2, -0.15) is 0 Å². The average Bonchev–Trinajstić information content (AvgIpc) is 3.54. The molecule has 0 aliphatic heterocycles. The summed E-state index contributed by atoms with van der Waals surface area (Å²) in [7, 11) is 1.93. The maximum absolute atomic E-state index is 12.6. The first-order valence-electron chi connectivity index (χ1n) is 13.3. The highest BCUT2D eigenvalue weighted by Crippen LogP contribution is 2.44. The summed E-state index contributed by atoms with van der Waals surface area (Å²) in [6.07, 6.45) is 4.10. The number of ether oxygens (including phenoxy) is 1. The number of halogens is 1. The lowest BCUT2D eigenvalue weighted by atomic mass is 9.91. The number of pyridine rings is 2. The molecule has 6 aromatic rings. The Morgan fingerprint density at radius 3 is 2.50 bits per heavy atom. The van der Waals surface area contributed by atoms with Gasteiger partial charge in [-0.15, -0.1) is 11.3 Å². The fraction of sp³-hybridized carbons (Fsp3) is 0.219. The molecular formula is C32H28ClN5O3S. The molecule has 212 valence electrons. The van der Waals surface area contributed by atoms with Crippen molar-refractivity contribution in [1.82, 2.24) is 24.5 Å². The minimum Gasteiger partial charge on any atom is -0.479 e. The fourth-order valence-electron chi connectivity index (χ4n) is 5.03. The summed E-state index contributed by atoms with van der Waals surface area (Å²) in [4.78, 5) is 31.0. The third-order valence-electron chi connectivity index (χ3n) is 6.90. The number of carbonyl (C=O) groups is 1. The average molecular weight is 598 g/mol. The van der Waals surface area contributed by atoms with E-state index < -0.39 is 17.7 Å². The largest absolute Gasteiger partial charge is 0.479 e. The van der Waals surface area contributed by atoms with Crippen LogP contribution in [0, 0.1) is 6.92 Å². The number of carboxylic acids is 1. The van der Waals surface area contributed by atoms with Gasteiger partial charge < -0.3 is 14.4 Å². The number of hydrogen-bond acceptors (Lipinski definition) is 7. The van der Waals surface area contributed by atoms with Crippen LogP contribution in [0.15, 0.2) is 67.3 Å². The summed E-state index contributed by atoms with van der Waals surface area (Å²) >= 11 is 7.73. The second-order valence-corrected chi connectivity index (χ2v) is 12.6. The number of fused-ring (bicyclic) bond motifs is 2. The molecule has 1 atom stereocenters. The first kappa shape index (κ1) is 28.0. The van der Waals surface area contributed by atoms with E-state index in [9.17, 15) is 9.90 Å². The van der Waals surface area contributed by atoms with Crippen LogP contribution in [0.25, 0.3) is 54.3 Å². The fourth-order valence-corrected chi connectivity index (χ4v) is 6.28. The molecule has 10 heteroatoms. The highest BCUT2D eigenvalue weighted by atomic mass is 35.5. The van der Waals surface area contributed by atoms with Crippen molar-refractivity contribution in [3.63, 3.8) is 0 Å². The van der Waals surface area contributed by atoms with Crippen LogP contribution in [-0.4, -0.2) is 41.2 Å². The number of hydrogen-bond donors (Lipinski definition) is 1. The highest BCUT2D eigenvalue weighted by molar-refractivity contribution is 7.22. The molecular weight excluding hydrogens is 570 g/mol. The van der Waals surface area contributed by atoms with Crippen molar-refractivity contribution < 1.29 is 14.6 Å². The van der Waals surface area contributed by atoms with Crippen LogP contribution >= 0.6 is 22.9 Å². The molecule has 4 aromatic heterocycles. The molecule has 2 aromatic carbocycles. The smallest absolute Gasteiger partial charge is 0.337 e. The van der Waals surface area contributed by atoms with Crippen molar-refractivity contribution in [2.45, 2.75) is 39.4 Å². The number of aromatic nitrogens is 5. The van der Waals surface area contributed by atoms with Crippen molar-refractivity contribution in [3.8, 4) is 33.0 Å². The topological polar surface area (TPSA) is 103 Å². The number of nitrogens with zero attached hydrogens (tertiary/aromatic N) is 5. The molecule has 1 N–H and O–H groups in total. The molecule has 4 heterocycles. The van der Waals surface area contributed by atoms with Gasteiger partial charge in [0.05, 0.1) is 33.4 Å². The minimum atomic E-state index is -1.17. The van der Waals surface area contributed by atoms with Gasteiger partial charge in [-0.05, 0) is 75.2 Å². The molecule has 0 radical (unpaired) electrons. The van der Waals surface area contributed by atoms with Crippen LogP contribution < -0.4 is 0 Å². The van der Waals surface area contributed by atoms with Crippen LogP contribution in [-0.2, 0) is 16.6 Å². The Hall–Kier alpha value is -4.18. The Kier molecular flexibility index (Phi) is 7.04. The Morgan fingerprint density at radius 1 is 1.02 bits per heavy atom. The Bertz CT molecular complexity index is 1980. The molecule has 8 nitrogen and oxygen atoms in total. The molecule has 0 bridgehead atoms. The van der Waals surface area contributed by atoms with Gasteiger partial charge in [-0.25, -0.2) is 19.7 Å². The van der Waals surface area contributed by atoms with Crippen LogP contribution in [0.3, 0.4) is 0 Å². The van der Waals surface area contributed by atoms with Gasteiger partial charge in [-0.1, -0.05) is 23.7 Å².